The summed E-state index contributed by atoms with van der Waals surface area (Å²) in [6, 6.07) is 0. The van der Waals surface area contributed by atoms with Crippen LogP contribution in [0.2, 0.25) is 0 Å². The van der Waals surface area contributed by atoms with Crippen molar-refractivity contribution in [1.29, 1.82) is 0 Å². The lowest BCUT2D eigenvalue weighted by Gasteiger charge is -2.12. The average Bonchev–Trinajstić information content (AvgIpc) is 2.03. The van der Waals surface area contributed by atoms with Crippen LogP contribution in [0.25, 0.3) is 0 Å². The highest BCUT2D eigenvalue weighted by atomic mass is 35.5. The normalized spacial score (nSPS) is 15.6. The Bertz CT molecular complexity index is 115. The van der Waals surface area contributed by atoms with Gasteiger partial charge in [-0.2, -0.15) is 0 Å². The van der Waals surface area contributed by atoms with Gasteiger partial charge in [0.05, 0.1) is 6.10 Å². The number of ether oxygens (including phenoxy) is 1. The number of alkyl halides is 1. The lowest BCUT2D eigenvalue weighted by atomic mass is 10.2. The molecule has 0 aliphatic heterocycles. The molecule has 2 unspecified atom stereocenters. The van der Waals surface area contributed by atoms with Crippen LogP contribution in [0.15, 0.2) is 12.7 Å². The number of hydrogen-bond donors (Lipinski definition) is 1. The molecule has 2 atom stereocenters. The van der Waals surface area contributed by atoms with Crippen molar-refractivity contribution in [3.05, 3.63) is 12.7 Å². The summed E-state index contributed by atoms with van der Waals surface area (Å²) in [5.74, 6) is 0. The molecule has 0 rings (SSSR count). The Hall–Kier alpha value is -0.0500. The number of aliphatic hydroxyl groups excluding tert-OH is 1. The van der Waals surface area contributed by atoms with Crippen LogP contribution in [-0.2, 0) is 4.74 Å². The van der Waals surface area contributed by atoms with E-state index in [2.05, 4.69) is 6.58 Å². The first-order chi connectivity index (χ1) is 5.68. The molecule has 12 heavy (non-hydrogen) atoms. The summed E-state index contributed by atoms with van der Waals surface area (Å²) in [4.78, 5) is 0. The molecule has 0 aliphatic carbocycles. The predicted octanol–water partition coefficient (Wildman–Crippen LogP) is 2.31. The molecule has 2 nitrogen and oxygen atoms in total. The summed E-state index contributed by atoms with van der Waals surface area (Å²) in [5.41, 5.74) is -0.575. The van der Waals surface area contributed by atoms with Gasteiger partial charge in [0.1, 0.15) is 0 Å². The standard InChI is InChI=1S/C9H17ClO2/c1-3-4-5-6-7-12-9(10)8(2)11/h3,8-9,11H,1,4-7H2,2H3. The third kappa shape index (κ3) is 6.65. The molecule has 3 heteroatoms. The quantitative estimate of drug-likeness (QED) is 0.381. The minimum atomic E-state index is -0.605. The molecule has 0 aromatic rings. The number of halogens is 1. The second kappa shape index (κ2) is 7.59. The van der Waals surface area contributed by atoms with Crippen molar-refractivity contribution in [2.75, 3.05) is 6.61 Å². The van der Waals surface area contributed by atoms with Gasteiger partial charge in [-0.25, -0.2) is 0 Å². The topological polar surface area (TPSA) is 29.5 Å². The number of rotatable bonds is 7. The van der Waals surface area contributed by atoms with E-state index < -0.39 is 11.7 Å². The molecule has 0 amide bonds. The van der Waals surface area contributed by atoms with E-state index >= 15 is 0 Å². The summed E-state index contributed by atoms with van der Waals surface area (Å²) < 4.78 is 5.13. The SMILES string of the molecule is C=CCCCCOC(Cl)C(C)O. The molecule has 0 aromatic carbocycles. The second-order valence-corrected chi connectivity index (χ2v) is 3.18. The molecule has 0 saturated carbocycles. The molecular formula is C9H17ClO2. The molecular weight excluding hydrogens is 176 g/mol. The Kier molecular flexibility index (Phi) is 7.56. The highest BCUT2D eigenvalue weighted by Crippen LogP contribution is 2.06. The first-order valence-electron chi connectivity index (χ1n) is 4.23. The molecule has 0 aromatic heterocycles. The zero-order valence-electron chi connectivity index (χ0n) is 7.50. The first-order valence-corrected chi connectivity index (χ1v) is 4.66. The van der Waals surface area contributed by atoms with E-state index in [0.717, 1.165) is 19.3 Å². The van der Waals surface area contributed by atoms with Crippen molar-refractivity contribution in [2.24, 2.45) is 0 Å². The Morgan fingerprint density at radius 3 is 2.75 bits per heavy atom. The molecule has 0 bridgehead atoms. The molecule has 0 aliphatic rings. The van der Waals surface area contributed by atoms with E-state index in [9.17, 15) is 0 Å². The van der Waals surface area contributed by atoms with Gasteiger partial charge in [0.15, 0.2) is 5.56 Å². The van der Waals surface area contributed by atoms with Crippen LogP contribution in [0, 0.1) is 0 Å². The van der Waals surface area contributed by atoms with Gasteiger partial charge in [0.25, 0.3) is 0 Å². The number of hydrogen-bond acceptors (Lipinski definition) is 2. The van der Waals surface area contributed by atoms with Crippen molar-refractivity contribution in [3.8, 4) is 0 Å². The largest absolute Gasteiger partial charge is 0.389 e. The summed E-state index contributed by atoms with van der Waals surface area (Å²) in [7, 11) is 0. The third-order valence-electron chi connectivity index (χ3n) is 1.46. The maximum Gasteiger partial charge on any atom is 0.156 e. The van der Waals surface area contributed by atoms with Crippen molar-refractivity contribution >= 4 is 11.6 Å². The van der Waals surface area contributed by atoms with Crippen LogP contribution in [0.3, 0.4) is 0 Å². The van der Waals surface area contributed by atoms with Gasteiger partial charge in [-0.15, -0.1) is 6.58 Å². The molecule has 1 N–H and O–H groups in total. The van der Waals surface area contributed by atoms with E-state index in [1.54, 1.807) is 6.92 Å². The van der Waals surface area contributed by atoms with E-state index in [0.29, 0.717) is 6.61 Å². The minimum Gasteiger partial charge on any atom is -0.389 e. The fourth-order valence-electron chi connectivity index (χ4n) is 0.726. The molecule has 72 valence electrons. The number of allylic oxidation sites excluding steroid dienone is 1. The highest BCUT2D eigenvalue weighted by molar-refractivity contribution is 6.20. The Morgan fingerprint density at radius 2 is 2.25 bits per heavy atom. The fraction of sp³-hybridized carbons (Fsp3) is 0.778. The summed E-state index contributed by atoms with van der Waals surface area (Å²) in [5, 5.41) is 8.95. The lowest BCUT2D eigenvalue weighted by molar-refractivity contribution is 0.0174. The van der Waals surface area contributed by atoms with Crippen LogP contribution in [0.1, 0.15) is 26.2 Å². The maximum absolute atomic E-state index is 8.95. The fourth-order valence-corrected chi connectivity index (χ4v) is 0.815. The van der Waals surface area contributed by atoms with Crippen molar-refractivity contribution < 1.29 is 9.84 Å². The second-order valence-electron chi connectivity index (χ2n) is 2.75. The maximum atomic E-state index is 8.95. The van der Waals surface area contributed by atoms with Crippen molar-refractivity contribution in [3.63, 3.8) is 0 Å². The van der Waals surface area contributed by atoms with Crippen LogP contribution >= 0.6 is 11.6 Å². The molecule has 0 saturated heterocycles. The van der Waals surface area contributed by atoms with Gasteiger partial charge in [-0.1, -0.05) is 17.7 Å². The molecule has 0 fully saturated rings. The third-order valence-corrected chi connectivity index (χ3v) is 1.95. The highest BCUT2D eigenvalue weighted by Gasteiger charge is 2.09. The van der Waals surface area contributed by atoms with E-state index in [-0.39, 0.29) is 0 Å². The first kappa shape index (κ1) is 11.9. The van der Waals surface area contributed by atoms with Crippen LogP contribution in [0.4, 0.5) is 0 Å². The lowest BCUT2D eigenvalue weighted by Crippen LogP contribution is -2.20. The summed E-state index contributed by atoms with van der Waals surface area (Å²) >= 11 is 5.64. The van der Waals surface area contributed by atoms with Crippen LogP contribution in [0.5, 0.6) is 0 Å². The molecule has 0 heterocycles. The van der Waals surface area contributed by atoms with Crippen molar-refractivity contribution in [2.45, 2.75) is 37.9 Å². The Balaban J connectivity index is 3.13. The monoisotopic (exact) mass is 192 g/mol. The van der Waals surface area contributed by atoms with Gasteiger partial charge in [-0.05, 0) is 26.2 Å². The van der Waals surface area contributed by atoms with Gasteiger partial charge in [-0.3, -0.25) is 0 Å². The Morgan fingerprint density at radius 1 is 1.58 bits per heavy atom. The minimum absolute atomic E-state index is 0.575. The van der Waals surface area contributed by atoms with Gasteiger partial charge < -0.3 is 9.84 Å². The Labute approximate surface area is 79.2 Å². The van der Waals surface area contributed by atoms with E-state index in [1.807, 2.05) is 6.08 Å². The van der Waals surface area contributed by atoms with Crippen LogP contribution in [-0.4, -0.2) is 23.4 Å². The van der Waals surface area contributed by atoms with Crippen molar-refractivity contribution in [1.82, 2.24) is 0 Å². The summed E-state index contributed by atoms with van der Waals surface area (Å²) in [6.45, 7) is 5.83. The summed E-state index contributed by atoms with van der Waals surface area (Å²) in [6.07, 6.45) is 4.30. The average molecular weight is 193 g/mol. The van der Waals surface area contributed by atoms with Gasteiger partial charge >= 0.3 is 0 Å². The van der Waals surface area contributed by atoms with E-state index in [4.69, 9.17) is 21.4 Å². The zero-order chi connectivity index (χ0) is 9.40. The zero-order valence-corrected chi connectivity index (χ0v) is 8.26. The van der Waals surface area contributed by atoms with E-state index in [1.165, 1.54) is 0 Å². The van der Waals surface area contributed by atoms with Gasteiger partial charge in [0.2, 0.25) is 0 Å². The molecule has 0 radical (unpaired) electrons. The smallest absolute Gasteiger partial charge is 0.156 e. The molecule has 0 spiro atoms. The predicted molar refractivity (Wildman–Crippen MR) is 51.3 cm³/mol. The number of aliphatic hydroxyl groups is 1. The number of unbranched alkanes of at least 4 members (excludes halogenated alkanes) is 2. The van der Waals surface area contributed by atoms with Crippen LogP contribution < -0.4 is 0 Å². The van der Waals surface area contributed by atoms with Gasteiger partial charge in [0, 0.05) is 6.61 Å².